The SMILES string of the molecule is CC(=O)OC[C@]12CC[C@H](OC(C)=O)C[C@]1(O)C(=O)C[C@@H]1[C@@H]2CC[C@]2(C)C(=O)CC[C@@H]12. The number of ketones is 2. The van der Waals surface area contributed by atoms with E-state index in [1.165, 1.54) is 13.8 Å². The molecular weight excluding hydrogens is 388 g/mol. The van der Waals surface area contributed by atoms with Crippen molar-refractivity contribution in [1.82, 2.24) is 0 Å². The second-order valence-corrected chi connectivity index (χ2v) is 10.2. The molecule has 0 aromatic rings. The van der Waals surface area contributed by atoms with Crippen molar-refractivity contribution in [1.29, 1.82) is 0 Å². The second kappa shape index (κ2) is 7.14. The summed E-state index contributed by atoms with van der Waals surface area (Å²) in [5.74, 6) is -0.748. The summed E-state index contributed by atoms with van der Waals surface area (Å²) in [4.78, 5) is 49.2. The molecular formula is C23H32O7. The van der Waals surface area contributed by atoms with Crippen molar-refractivity contribution in [2.45, 2.75) is 83.8 Å². The highest BCUT2D eigenvalue weighted by atomic mass is 16.5. The maximum atomic E-state index is 13.4. The Bertz CT molecular complexity index is 790. The molecule has 0 heterocycles. The first kappa shape index (κ1) is 21.5. The van der Waals surface area contributed by atoms with Gasteiger partial charge >= 0.3 is 11.9 Å². The van der Waals surface area contributed by atoms with E-state index in [9.17, 15) is 24.3 Å². The molecule has 4 rings (SSSR count). The van der Waals surface area contributed by atoms with E-state index < -0.39 is 34.5 Å². The van der Waals surface area contributed by atoms with Crippen LogP contribution in [-0.4, -0.2) is 46.9 Å². The Balaban J connectivity index is 1.73. The summed E-state index contributed by atoms with van der Waals surface area (Å²) in [7, 11) is 0. The van der Waals surface area contributed by atoms with Gasteiger partial charge in [0.2, 0.25) is 0 Å². The van der Waals surface area contributed by atoms with Crippen LogP contribution < -0.4 is 0 Å². The average molecular weight is 421 g/mol. The molecule has 0 amide bonds. The van der Waals surface area contributed by atoms with Crippen molar-refractivity contribution in [3.63, 3.8) is 0 Å². The van der Waals surface area contributed by atoms with Gasteiger partial charge < -0.3 is 14.6 Å². The fraction of sp³-hybridized carbons (Fsp3) is 0.826. The number of rotatable bonds is 3. The lowest BCUT2D eigenvalue weighted by molar-refractivity contribution is -0.233. The molecule has 0 spiro atoms. The molecule has 0 bridgehead atoms. The standard InChI is InChI=1S/C23H32O7/c1-13(24)29-12-22-9-6-15(30-14(2)25)11-23(22,28)20(27)10-16-17-4-5-19(26)21(17,3)8-7-18(16)22/h15-18,28H,4-12H2,1-3H3/t15-,16-,17-,18-,21-,22-,23-/m0/s1. The van der Waals surface area contributed by atoms with Gasteiger partial charge in [0.1, 0.15) is 24.1 Å². The lowest BCUT2D eigenvalue weighted by Crippen LogP contribution is -2.70. The van der Waals surface area contributed by atoms with Crippen LogP contribution >= 0.6 is 0 Å². The van der Waals surface area contributed by atoms with E-state index in [0.717, 1.165) is 19.3 Å². The molecule has 30 heavy (non-hydrogen) atoms. The molecule has 4 aliphatic carbocycles. The predicted molar refractivity (Wildman–Crippen MR) is 105 cm³/mol. The van der Waals surface area contributed by atoms with E-state index in [0.29, 0.717) is 19.3 Å². The summed E-state index contributed by atoms with van der Waals surface area (Å²) in [5, 5.41) is 11.8. The number of fused-ring (bicyclic) bond motifs is 5. The van der Waals surface area contributed by atoms with E-state index in [2.05, 4.69) is 0 Å². The zero-order valence-corrected chi connectivity index (χ0v) is 18.1. The van der Waals surface area contributed by atoms with Crippen LogP contribution in [0.15, 0.2) is 0 Å². The van der Waals surface area contributed by atoms with Crippen molar-refractivity contribution < 1.29 is 33.8 Å². The molecule has 1 N–H and O–H groups in total. The largest absolute Gasteiger partial charge is 0.465 e. The van der Waals surface area contributed by atoms with Crippen LogP contribution in [-0.2, 0) is 28.7 Å². The minimum Gasteiger partial charge on any atom is -0.465 e. The molecule has 0 radical (unpaired) electrons. The molecule has 7 nitrogen and oxygen atoms in total. The van der Waals surface area contributed by atoms with Gasteiger partial charge in [0.05, 0.1) is 0 Å². The average Bonchev–Trinajstić information content (AvgIpc) is 2.96. The lowest BCUT2D eigenvalue weighted by Gasteiger charge is -2.62. The van der Waals surface area contributed by atoms with E-state index in [1.54, 1.807) is 0 Å². The summed E-state index contributed by atoms with van der Waals surface area (Å²) in [5.41, 5.74) is -2.99. The summed E-state index contributed by atoms with van der Waals surface area (Å²) in [6.07, 6.45) is 3.48. The Kier molecular flexibility index (Phi) is 5.11. The molecule has 0 aliphatic heterocycles. The first-order chi connectivity index (χ1) is 14.0. The summed E-state index contributed by atoms with van der Waals surface area (Å²) in [6.45, 7) is 4.67. The number of carbonyl (C=O) groups is 4. The number of ether oxygens (including phenoxy) is 2. The van der Waals surface area contributed by atoms with Gasteiger partial charge in [-0.15, -0.1) is 0 Å². The van der Waals surface area contributed by atoms with Gasteiger partial charge in [-0.05, 0) is 49.9 Å². The second-order valence-electron chi connectivity index (χ2n) is 10.2. The van der Waals surface area contributed by atoms with Crippen molar-refractivity contribution in [3.05, 3.63) is 0 Å². The number of aliphatic hydroxyl groups is 1. The van der Waals surface area contributed by atoms with Crippen LogP contribution in [0.5, 0.6) is 0 Å². The Morgan fingerprint density at radius 1 is 1.03 bits per heavy atom. The Morgan fingerprint density at radius 3 is 2.43 bits per heavy atom. The van der Waals surface area contributed by atoms with Crippen molar-refractivity contribution in [3.8, 4) is 0 Å². The Hall–Kier alpha value is -1.76. The fourth-order valence-corrected chi connectivity index (χ4v) is 7.42. The third kappa shape index (κ3) is 2.95. The van der Waals surface area contributed by atoms with Crippen LogP contribution in [0.2, 0.25) is 0 Å². The van der Waals surface area contributed by atoms with E-state index >= 15 is 0 Å². The quantitative estimate of drug-likeness (QED) is 0.699. The van der Waals surface area contributed by atoms with E-state index in [4.69, 9.17) is 9.47 Å². The first-order valence-electron chi connectivity index (χ1n) is 11.1. The van der Waals surface area contributed by atoms with E-state index in [1.807, 2.05) is 6.92 Å². The smallest absolute Gasteiger partial charge is 0.302 e. The molecule has 4 aliphatic rings. The molecule has 0 unspecified atom stereocenters. The zero-order chi connectivity index (χ0) is 21.9. The highest BCUT2D eigenvalue weighted by Gasteiger charge is 2.70. The molecule has 0 saturated heterocycles. The molecule has 0 aromatic carbocycles. The van der Waals surface area contributed by atoms with Crippen molar-refractivity contribution in [2.24, 2.45) is 28.6 Å². The minimum atomic E-state index is -1.70. The van der Waals surface area contributed by atoms with Crippen LogP contribution in [0.3, 0.4) is 0 Å². The molecule has 4 fully saturated rings. The van der Waals surface area contributed by atoms with Crippen molar-refractivity contribution in [2.75, 3.05) is 6.61 Å². The molecule has 166 valence electrons. The highest BCUT2D eigenvalue weighted by molar-refractivity contribution is 5.91. The fourth-order valence-electron chi connectivity index (χ4n) is 7.42. The third-order valence-corrected chi connectivity index (χ3v) is 8.86. The predicted octanol–water partition coefficient (Wildman–Crippen LogP) is 2.37. The number of Topliss-reactive ketones (excluding diaryl/α,β-unsaturated/α-hetero) is 2. The van der Waals surface area contributed by atoms with Gasteiger partial charge in [0, 0.05) is 43.9 Å². The molecule has 0 aromatic heterocycles. The van der Waals surface area contributed by atoms with Crippen molar-refractivity contribution >= 4 is 23.5 Å². The zero-order valence-electron chi connectivity index (χ0n) is 18.1. The van der Waals surface area contributed by atoms with Gasteiger partial charge in [0.25, 0.3) is 0 Å². The minimum absolute atomic E-state index is 0.00353. The van der Waals surface area contributed by atoms with Gasteiger partial charge in [-0.3, -0.25) is 19.2 Å². The van der Waals surface area contributed by atoms with Gasteiger partial charge in [-0.25, -0.2) is 0 Å². The van der Waals surface area contributed by atoms with Gasteiger partial charge in [0.15, 0.2) is 5.78 Å². The number of carbonyl (C=O) groups excluding carboxylic acids is 4. The summed E-state index contributed by atoms with van der Waals surface area (Å²) >= 11 is 0. The molecule has 4 saturated carbocycles. The van der Waals surface area contributed by atoms with Gasteiger partial charge in [-0.2, -0.15) is 0 Å². The molecule has 7 heteroatoms. The van der Waals surface area contributed by atoms with Crippen LogP contribution in [0.1, 0.15) is 72.1 Å². The third-order valence-electron chi connectivity index (χ3n) is 8.86. The van der Waals surface area contributed by atoms with Gasteiger partial charge in [-0.1, -0.05) is 6.92 Å². The summed E-state index contributed by atoms with van der Waals surface area (Å²) in [6, 6.07) is 0. The number of hydrogen-bond acceptors (Lipinski definition) is 7. The maximum Gasteiger partial charge on any atom is 0.302 e. The van der Waals surface area contributed by atoms with Crippen LogP contribution in [0.4, 0.5) is 0 Å². The molecule has 7 atom stereocenters. The highest BCUT2D eigenvalue weighted by Crippen LogP contribution is 2.66. The first-order valence-corrected chi connectivity index (χ1v) is 11.1. The number of esters is 2. The van der Waals surface area contributed by atoms with Crippen LogP contribution in [0.25, 0.3) is 0 Å². The number of hydrogen-bond donors (Lipinski definition) is 1. The summed E-state index contributed by atoms with van der Waals surface area (Å²) < 4.78 is 10.8. The van der Waals surface area contributed by atoms with Crippen LogP contribution in [0, 0.1) is 28.6 Å². The monoisotopic (exact) mass is 420 g/mol. The van der Waals surface area contributed by atoms with E-state index in [-0.39, 0.29) is 48.8 Å². The maximum absolute atomic E-state index is 13.4. The normalized spacial score (nSPS) is 45.2. The Labute approximate surface area is 176 Å². The Morgan fingerprint density at radius 2 is 1.77 bits per heavy atom. The lowest BCUT2D eigenvalue weighted by atomic mass is 9.43. The topological polar surface area (TPSA) is 107 Å².